The van der Waals surface area contributed by atoms with Gasteiger partial charge in [0.25, 0.3) is 0 Å². The number of carbonyl (C=O) groups is 2. The van der Waals surface area contributed by atoms with Crippen LogP contribution in [-0.2, 0) is 10.2 Å². The van der Waals surface area contributed by atoms with Gasteiger partial charge in [-0.1, -0.05) is 77.5 Å². The molecule has 41 heavy (non-hydrogen) atoms. The molecule has 2 N–H and O–H groups in total. The molecule has 4 aliphatic rings. The monoisotopic (exact) mass is 563 g/mol. The zero-order chi connectivity index (χ0) is 30.2. The topological polar surface area (TPSA) is 87.0 Å². The lowest BCUT2D eigenvalue weighted by Crippen LogP contribution is -2.69. The van der Waals surface area contributed by atoms with Gasteiger partial charge in [-0.3, -0.25) is 14.6 Å². The molecule has 5 nitrogen and oxygen atoms in total. The van der Waals surface area contributed by atoms with Crippen LogP contribution in [-0.4, -0.2) is 51.4 Å². The van der Waals surface area contributed by atoms with Gasteiger partial charge in [0.15, 0.2) is 17.2 Å². The number of halogens is 1. The number of hydrogen-bond acceptors (Lipinski definition) is 5. The zero-order valence-electron chi connectivity index (χ0n) is 25.6. The van der Waals surface area contributed by atoms with Gasteiger partial charge in [-0.2, -0.15) is 0 Å². The Morgan fingerprint density at radius 2 is 1.78 bits per heavy atom. The number of Topliss-reactive ketones (excluding diaryl/α,β-unsaturated/α-hetero) is 2. The summed E-state index contributed by atoms with van der Waals surface area (Å²) >= 11 is 0. The van der Waals surface area contributed by atoms with E-state index < -0.39 is 34.1 Å². The van der Waals surface area contributed by atoms with Crippen molar-refractivity contribution in [3.8, 4) is 0 Å². The molecule has 8 atom stereocenters. The summed E-state index contributed by atoms with van der Waals surface area (Å²) in [7, 11) is 0. The quantitative estimate of drug-likeness (QED) is 0.408. The first-order valence-electron chi connectivity index (χ1n) is 15.2. The van der Waals surface area contributed by atoms with Crippen LogP contribution in [0.2, 0.25) is 0 Å². The number of aliphatic imine (C=N–C) groups is 1. The highest BCUT2D eigenvalue weighted by Gasteiger charge is 2.75. The Hall–Kier alpha value is -2.44. The van der Waals surface area contributed by atoms with Gasteiger partial charge < -0.3 is 10.2 Å². The lowest BCUT2D eigenvalue weighted by Gasteiger charge is -2.62. The second-order valence-electron chi connectivity index (χ2n) is 14.5. The van der Waals surface area contributed by atoms with Crippen LogP contribution in [0.15, 0.2) is 53.1 Å². The molecule has 3 fully saturated rings. The number of benzene rings is 1. The molecule has 0 bridgehead atoms. The summed E-state index contributed by atoms with van der Waals surface area (Å²) in [6, 6.07) is 7.66. The number of ketones is 2. The zero-order valence-corrected chi connectivity index (χ0v) is 25.6. The molecule has 0 unspecified atom stereocenters. The van der Waals surface area contributed by atoms with Crippen LogP contribution in [0.3, 0.4) is 0 Å². The number of aliphatic hydroxyl groups excluding tert-OH is 1. The smallest absolute Gasteiger partial charge is 0.184 e. The van der Waals surface area contributed by atoms with Gasteiger partial charge >= 0.3 is 0 Å². The predicted octanol–water partition coefficient (Wildman–Crippen LogP) is 6.37. The summed E-state index contributed by atoms with van der Waals surface area (Å²) in [4.78, 5) is 30.5. The third kappa shape index (κ3) is 4.18. The Labute approximate surface area is 244 Å². The van der Waals surface area contributed by atoms with Crippen molar-refractivity contribution in [2.24, 2.45) is 33.6 Å². The van der Waals surface area contributed by atoms with Crippen molar-refractivity contribution >= 4 is 17.3 Å². The van der Waals surface area contributed by atoms with Gasteiger partial charge in [0.05, 0.1) is 11.8 Å². The molecule has 4 aliphatic carbocycles. The summed E-state index contributed by atoms with van der Waals surface area (Å²) in [6.45, 7) is 13.8. The maximum atomic E-state index is 17.6. The second-order valence-corrected chi connectivity index (χ2v) is 14.5. The van der Waals surface area contributed by atoms with Gasteiger partial charge in [0, 0.05) is 28.7 Å². The predicted molar refractivity (Wildman–Crippen MR) is 160 cm³/mol. The van der Waals surface area contributed by atoms with E-state index >= 15 is 4.39 Å². The van der Waals surface area contributed by atoms with Crippen LogP contribution >= 0.6 is 0 Å². The fourth-order valence-corrected chi connectivity index (χ4v) is 8.93. The average Bonchev–Trinajstić information content (AvgIpc) is 3.13. The van der Waals surface area contributed by atoms with Crippen LogP contribution in [0.25, 0.3) is 0 Å². The highest BCUT2D eigenvalue weighted by Crippen LogP contribution is 2.70. The lowest BCUT2D eigenvalue weighted by atomic mass is 9.44. The molecule has 5 rings (SSSR count). The summed E-state index contributed by atoms with van der Waals surface area (Å²) in [5, 5.41) is 23.3. The Bertz CT molecular complexity index is 1340. The number of alkyl halides is 1. The maximum absolute atomic E-state index is 17.6. The maximum Gasteiger partial charge on any atom is 0.184 e. The molecule has 1 aromatic rings. The van der Waals surface area contributed by atoms with E-state index in [0.717, 1.165) is 11.1 Å². The molecular weight excluding hydrogens is 517 g/mol. The van der Waals surface area contributed by atoms with E-state index in [4.69, 9.17) is 0 Å². The number of nitrogens with zero attached hydrogens (tertiary/aromatic N) is 1. The molecule has 0 spiro atoms. The number of hydrogen-bond donors (Lipinski definition) is 2. The van der Waals surface area contributed by atoms with E-state index in [0.29, 0.717) is 30.5 Å². The molecule has 0 saturated heterocycles. The van der Waals surface area contributed by atoms with Crippen molar-refractivity contribution in [2.45, 2.75) is 103 Å². The SMILES string of the molecule is CCC(=O)[C@@]1(O)[C@H](C)C[C@H]2[C@@H]3CCC4=CC(=NCC(=O)c5ccc(C(C)(C)C)cc5)C=C[C@]4(C)[C@@]3(F)[C@@H](O)C[C@@]21C. The molecule has 0 heterocycles. The highest BCUT2D eigenvalue weighted by molar-refractivity contribution is 6.08. The summed E-state index contributed by atoms with van der Waals surface area (Å²) in [5.74, 6) is -1.28. The first-order valence-corrected chi connectivity index (χ1v) is 15.2. The first-order chi connectivity index (χ1) is 19.0. The molecule has 0 radical (unpaired) electrons. The summed E-state index contributed by atoms with van der Waals surface area (Å²) < 4.78 is 17.6. The molecule has 0 aliphatic heterocycles. The summed E-state index contributed by atoms with van der Waals surface area (Å²) in [5.41, 5.74) is -2.14. The van der Waals surface area contributed by atoms with Crippen LogP contribution in [0.1, 0.15) is 96.5 Å². The van der Waals surface area contributed by atoms with Gasteiger partial charge in [-0.25, -0.2) is 4.39 Å². The highest BCUT2D eigenvalue weighted by atomic mass is 19.1. The number of carbonyl (C=O) groups excluding carboxylic acids is 2. The van der Waals surface area contributed by atoms with Crippen molar-refractivity contribution in [3.63, 3.8) is 0 Å². The number of allylic oxidation sites excluding steroid dienone is 4. The number of aliphatic hydroxyl groups is 2. The van der Waals surface area contributed by atoms with E-state index in [2.05, 4.69) is 25.8 Å². The third-order valence-corrected chi connectivity index (χ3v) is 11.5. The van der Waals surface area contributed by atoms with Crippen molar-refractivity contribution in [1.82, 2.24) is 0 Å². The molecule has 6 heteroatoms. The lowest BCUT2D eigenvalue weighted by molar-refractivity contribution is -0.218. The van der Waals surface area contributed by atoms with Crippen molar-refractivity contribution in [2.75, 3.05) is 6.54 Å². The molecule has 1 aromatic carbocycles. The third-order valence-electron chi connectivity index (χ3n) is 11.5. The molecule has 222 valence electrons. The van der Waals surface area contributed by atoms with Gasteiger partial charge in [-0.05, 0) is 67.6 Å². The van der Waals surface area contributed by atoms with E-state index in [9.17, 15) is 19.8 Å². The van der Waals surface area contributed by atoms with Gasteiger partial charge in [-0.15, -0.1) is 0 Å². The minimum absolute atomic E-state index is 0.00338. The fraction of sp³-hybridized carbons (Fsp3) is 0.629. The molecule has 0 aromatic heterocycles. The molecule has 0 amide bonds. The first kappa shape index (κ1) is 30.0. The Morgan fingerprint density at radius 3 is 2.39 bits per heavy atom. The van der Waals surface area contributed by atoms with Gasteiger partial charge in [0.1, 0.15) is 12.1 Å². The van der Waals surface area contributed by atoms with Crippen LogP contribution in [0.5, 0.6) is 0 Å². The fourth-order valence-electron chi connectivity index (χ4n) is 8.93. The number of rotatable bonds is 5. The van der Waals surface area contributed by atoms with E-state index in [-0.39, 0.29) is 48.2 Å². The molecule has 3 saturated carbocycles. The molecular formula is C35H46FNO4. The Kier molecular flexibility index (Phi) is 7.18. The Morgan fingerprint density at radius 1 is 1.12 bits per heavy atom. The summed E-state index contributed by atoms with van der Waals surface area (Å²) in [6.07, 6.45) is 6.13. The minimum atomic E-state index is -1.94. The van der Waals surface area contributed by atoms with Crippen LogP contribution < -0.4 is 0 Å². The van der Waals surface area contributed by atoms with Crippen molar-refractivity contribution in [3.05, 3.63) is 59.2 Å². The second kappa shape index (κ2) is 9.80. The van der Waals surface area contributed by atoms with E-state index in [1.165, 1.54) is 0 Å². The van der Waals surface area contributed by atoms with Crippen molar-refractivity contribution < 1.29 is 24.2 Å². The van der Waals surface area contributed by atoms with Crippen LogP contribution in [0, 0.1) is 28.6 Å². The largest absolute Gasteiger partial charge is 0.390 e. The number of fused-ring (bicyclic) bond motifs is 5. The van der Waals surface area contributed by atoms with Crippen molar-refractivity contribution in [1.29, 1.82) is 0 Å². The average molecular weight is 564 g/mol. The normalized spacial score (nSPS) is 40.9. The van der Waals surface area contributed by atoms with Crippen LogP contribution in [0.4, 0.5) is 4.39 Å². The van der Waals surface area contributed by atoms with E-state index in [1.54, 1.807) is 13.0 Å². The minimum Gasteiger partial charge on any atom is -0.390 e. The van der Waals surface area contributed by atoms with E-state index in [1.807, 2.05) is 57.2 Å². The Balaban J connectivity index is 1.39. The van der Waals surface area contributed by atoms with Gasteiger partial charge in [0.2, 0.25) is 0 Å². The standard InChI is InChI=1S/C35H46FNO4/c1-8-29(39)35(41)21(2)17-27-26-14-13-24-18-25(15-16-32(24,6)34(26,36)30(40)19-33(27,35)7)37-20-28(38)22-9-11-23(12-10-22)31(3,4)5/h9-12,15-16,18,21,26-27,30,40-41H,8,13-14,17,19-20H2,1-7H3/t21-,26+,27+,30+,32+,33+,34+,35+/m1/s1.